The number of piperidine rings is 1. The van der Waals surface area contributed by atoms with Gasteiger partial charge in [-0.15, -0.1) is 0 Å². The van der Waals surface area contributed by atoms with E-state index in [0.717, 1.165) is 16.5 Å². The minimum atomic E-state index is -0.312. The molecule has 0 N–H and O–H groups in total. The Kier molecular flexibility index (Phi) is 5.91. The molecule has 2 aliphatic rings. The van der Waals surface area contributed by atoms with Gasteiger partial charge in [0.15, 0.2) is 0 Å². The molecule has 0 spiro atoms. The fourth-order valence-corrected chi connectivity index (χ4v) is 4.96. The first-order valence-corrected chi connectivity index (χ1v) is 11.2. The molecule has 0 aliphatic carbocycles. The van der Waals surface area contributed by atoms with Crippen molar-refractivity contribution < 1.29 is 19.1 Å². The van der Waals surface area contributed by atoms with Gasteiger partial charge in [0.2, 0.25) is 0 Å². The fraction of sp³-hybridized carbons (Fsp3) is 0.333. The van der Waals surface area contributed by atoms with Crippen molar-refractivity contribution in [2.45, 2.75) is 38.0 Å². The van der Waals surface area contributed by atoms with Crippen LogP contribution in [0.1, 0.15) is 24.0 Å². The number of Topliss-reactive ketones (excluding diaryl/α,β-unsaturated/α-hetero) is 1. The minimum Gasteiger partial charge on any atom is -0.445 e. The molecule has 5 rings (SSSR count). The van der Waals surface area contributed by atoms with Crippen molar-refractivity contribution in [2.75, 3.05) is 13.2 Å². The van der Waals surface area contributed by atoms with E-state index >= 15 is 0 Å². The number of nitrogens with zero attached hydrogens (tertiary/aromatic N) is 1. The molecule has 5 nitrogen and oxygen atoms in total. The lowest BCUT2D eigenvalue weighted by Crippen LogP contribution is -2.60. The largest absolute Gasteiger partial charge is 0.445 e. The van der Waals surface area contributed by atoms with Crippen molar-refractivity contribution >= 4 is 22.6 Å². The summed E-state index contributed by atoms with van der Waals surface area (Å²) in [4.78, 5) is 27.8. The third-order valence-electron chi connectivity index (χ3n) is 6.58. The van der Waals surface area contributed by atoms with Crippen LogP contribution in [-0.2, 0) is 27.3 Å². The molecule has 2 bridgehead atoms. The lowest BCUT2D eigenvalue weighted by molar-refractivity contribution is -0.130. The van der Waals surface area contributed by atoms with Gasteiger partial charge < -0.3 is 9.47 Å². The van der Waals surface area contributed by atoms with Gasteiger partial charge in [0, 0.05) is 12.3 Å². The molecule has 2 fully saturated rings. The van der Waals surface area contributed by atoms with Crippen molar-refractivity contribution in [1.29, 1.82) is 0 Å². The first-order valence-electron chi connectivity index (χ1n) is 11.2. The Morgan fingerprint density at radius 3 is 2.28 bits per heavy atom. The molecule has 2 atom stereocenters. The van der Waals surface area contributed by atoms with Crippen molar-refractivity contribution in [3.63, 3.8) is 0 Å². The lowest BCUT2D eigenvalue weighted by Gasteiger charge is -2.47. The average Bonchev–Trinajstić information content (AvgIpc) is 2.82. The van der Waals surface area contributed by atoms with Crippen LogP contribution in [0.2, 0.25) is 0 Å². The van der Waals surface area contributed by atoms with Crippen LogP contribution in [0.25, 0.3) is 10.8 Å². The van der Waals surface area contributed by atoms with Crippen LogP contribution in [-0.4, -0.2) is 42.1 Å². The van der Waals surface area contributed by atoms with E-state index in [2.05, 4.69) is 24.3 Å². The van der Waals surface area contributed by atoms with Crippen LogP contribution in [0.5, 0.6) is 0 Å². The summed E-state index contributed by atoms with van der Waals surface area (Å²) in [6.07, 6.45) is 1.37. The van der Waals surface area contributed by atoms with E-state index in [0.29, 0.717) is 32.5 Å². The van der Waals surface area contributed by atoms with Crippen LogP contribution in [0, 0.1) is 5.92 Å². The van der Waals surface area contributed by atoms with Gasteiger partial charge in [-0.2, -0.15) is 0 Å². The first kappa shape index (κ1) is 20.7. The molecule has 3 aromatic carbocycles. The Labute approximate surface area is 187 Å². The normalized spacial score (nSPS) is 22.5. The molecule has 0 radical (unpaired) electrons. The maximum absolute atomic E-state index is 13.1. The molecule has 3 aromatic rings. The molecular weight excluding hydrogens is 402 g/mol. The van der Waals surface area contributed by atoms with Gasteiger partial charge in [0.05, 0.1) is 25.3 Å². The third-order valence-corrected chi connectivity index (χ3v) is 6.58. The highest BCUT2D eigenvalue weighted by Crippen LogP contribution is 2.33. The standard InChI is InChI=1S/C27H27NO4/c29-26(13-20-10-11-21-8-4-5-9-22(21)12-20)23-14-24-17-31-18-25(15-23)28(24)27(30)32-16-19-6-2-1-3-7-19/h1-12,23-25H,13-18H2. The zero-order valence-corrected chi connectivity index (χ0v) is 18.0. The predicted octanol–water partition coefficient (Wildman–Crippen LogP) is 4.77. The summed E-state index contributed by atoms with van der Waals surface area (Å²) < 4.78 is 11.3. The minimum absolute atomic E-state index is 0.0569. The van der Waals surface area contributed by atoms with Gasteiger partial charge in [0.1, 0.15) is 12.4 Å². The number of fused-ring (bicyclic) bond motifs is 3. The van der Waals surface area contributed by atoms with Crippen LogP contribution in [0.4, 0.5) is 4.79 Å². The molecular formula is C27H27NO4. The summed E-state index contributed by atoms with van der Waals surface area (Å²) in [6.45, 7) is 1.16. The highest BCUT2D eigenvalue weighted by molar-refractivity contribution is 5.87. The van der Waals surface area contributed by atoms with Gasteiger partial charge in [-0.25, -0.2) is 4.79 Å². The van der Waals surface area contributed by atoms with E-state index in [1.54, 1.807) is 0 Å². The zero-order chi connectivity index (χ0) is 21.9. The molecule has 2 saturated heterocycles. The van der Waals surface area contributed by atoms with Gasteiger partial charge in [0.25, 0.3) is 0 Å². The molecule has 164 valence electrons. The monoisotopic (exact) mass is 429 g/mol. The number of hydrogen-bond acceptors (Lipinski definition) is 4. The number of amides is 1. The van der Waals surface area contributed by atoms with E-state index in [-0.39, 0.29) is 36.5 Å². The first-order chi connectivity index (χ1) is 15.7. The Bertz CT molecular complexity index is 1100. The summed E-state index contributed by atoms with van der Waals surface area (Å²) in [5.41, 5.74) is 2.00. The van der Waals surface area contributed by atoms with Crippen LogP contribution in [0.15, 0.2) is 72.8 Å². The number of ketones is 1. The van der Waals surface area contributed by atoms with E-state index in [1.807, 2.05) is 53.4 Å². The van der Waals surface area contributed by atoms with Crippen molar-refractivity contribution in [3.05, 3.63) is 83.9 Å². The Morgan fingerprint density at radius 1 is 0.844 bits per heavy atom. The van der Waals surface area contributed by atoms with E-state index in [9.17, 15) is 9.59 Å². The van der Waals surface area contributed by atoms with Crippen molar-refractivity contribution in [1.82, 2.24) is 4.90 Å². The van der Waals surface area contributed by atoms with Gasteiger partial charge in [-0.3, -0.25) is 9.69 Å². The number of benzene rings is 3. The Hall–Kier alpha value is -3.18. The van der Waals surface area contributed by atoms with Crippen molar-refractivity contribution in [3.8, 4) is 0 Å². The highest BCUT2D eigenvalue weighted by Gasteiger charge is 2.44. The third kappa shape index (κ3) is 4.39. The zero-order valence-electron chi connectivity index (χ0n) is 18.0. The van der Waals surface area contributed by atoms with E-state index < -0.39 is 0 Å². The summed E-state index contributed by atoms with van der Waals surface area (Å²) in [6, 6.07) is 23.9. The quantitative estimate of drug-likeness (QED) is 0.586. The molecule has 0 aromatic heterocycles. The molecule has 2 heterocycles. The maximum Gasteiger partial charge on any atom is 0.410 e. The molecule has 2 aliphatic heterocycles. The number of hydrogen-bond donors (Lipinski definition) is 0. The van der Waals surface area contributed by atoms with Crippen LogP contribution >= 0.6 is 0 Å². The van der Waals surface area contributed by atoms with E-state index in [1.165, 1.54) is 5.39 Å². The van der Waals surface area contributed by atoms with Gasteiger partial charge >= 0.3 is 6.09 Å². The number of carbonyl (C=O) groups excluding carboxylic acids is 2. The Balaban J connectivity index is 1.23. The second kappa shape index (κ2) is 9.13. The second-order valence-electron chi connectivity index (χ2n) is 8.79. The predicted molar refractivity (Wildman–Crippen MR) is 122 cm³/mol. The molecule has 1 amide bonds. The maximum atomic E-state index is 13.1. The SMILES string of the molecule is O=C(Cc1ccc2ccccc2c1)C1CC2COCC(C1)N2C(=O)OCc1ccccc1. The summed E-state index contributed by atoms with van der Waals surface area (Å²) in [7, 11) is 0. The summed E-state index contributed by atoms with van der Waals surface area (Å²) >= 11 is 0. The summed E-state index contributed by atoms with van der Waals surface area (Å²) in [5.74, 6) is 0.188. The molecule has 32 heavy (non-hydrogen) atoms. The van der Waals surface area contributed by atoms with Gasteiger partial charge in [-0.1, -0.05) is 72.8 Å². The van der Waals surface area contributed by atoms with E-state index in [4.69, 9.17) is 9.47 Å². The number of ether oxygens (including phenoxy) is 2. The molecule has 5 heteroatoms. The lowest BCUT2D eigenvalue weighted by atomic mass is 9.81. The summed E-state index contributed by atoms with van der Waals surface area (Å²) in [5, 5.41) is 2.33. The van der Waals surface area contributed by atoms with Crippen molar-refractivity contribution in [2.24, 2.45) is 5.92 Å². The van der Waals surface area contributed by atoms with Crippen LogP contribution < -0.4 is 0 Å². The fourth-order valence-electron chi connectivity index (χ4n) is 4.96. The Morgan fingerprint density at radius 2 is 1.53 bits per heavy atom. The second-order valence-corrected chi connectivity index (χ2v) is 8.79. The van der Waals surface area contributed by atoms with Crippen LogP contribution in [0.3, 0.4) is 0 Å². The average molecular weight is 430 g/mol. The van der Waals surface area contributed by atoms with Gasteiger partial charge in [-0.05, 0) is 34.7 Å². The molecule has 0 saturated carbocycles. The topological polar surface area (TPSA) is 55.8 Å². The molecule has 2 unspecified atom stereocenters. The number of rotatable bonds is 5. The number of morpholine rings is 1. The highest BCUT2D eigenvalue weighted by atomic mass is 16.6. The smallest absolute Gasteiger partial charge is 0.410 e. The number of carbonyl (C=O) groups is 2.